The molecule has 0 spiro atoms. The first-order valence-corrected chi connectivity index (χ1v) is 13.9. The Bertz CT molecular complexity index is 1400. The van der Waals surface area contributed by atoms with Crippen LogP contribution in [0.4, 0.5) is 5.95 Å². The monoisotopic (exact) mass is 534 g/mol. The Balaban J connectivity index is 1.22. The zero-order valence-corrected chi connectivity index (χ0v) is 23.3. The van der Waals surface area contributed by atoms with Crippen LogP contribution >= 0.6 is 11.9 Å². The van der Waals surface area contributed by atoms with Crippen molar-refractivity contribution >= 4 is 29.4 Å². The van der Waals surface area contributed by atoms with Crippen LogP contribution < -0.4 is 14.4 Å². The number of carbonyl (C=O) groups is 1. The molecule has 1 N–H and O–H groups in total. The average molecular weight is 535 g/mol. The van der Waals surface area contributed by atoms with Crippen LogP contribution in [-0.4, -0.2) is 74.7 Å². The molecule has 0 radical (unpaired) electrons. The van der Waals surface area contributed by atoms with Gasteiger partial charge in [-0.1, -0.05) is 12.1 Å². The summed E-state index contributed by atoms with van der Waals surface area (Å²) in [5.74, 6) is 1.73. The molecule has 3 aliphatic heterocycles. The van der Waals surface area contributed by atoms with Gasteiger partial charge < -0.3 is 15.0 Å². The van der Waals surface area contributed by atoms with Crippen molar-refractivity contribution in [1.82, 2.24) is 34.8 Å². The summed E-state index contributed by atoms with van der Waals surface area (Å²) in [6, 6.07) is 6.79. The molecule has 3 aromatic rings. The van der Waals surface area contributed by atoms with E-state index in [9.17, 15) is 4.79 Å². The van der Waals surface area contributed by atoms with Crippen LogP contribution in [0.1, 0.15) is 45.7 Å². The van der Waals surface area contributed by atoms with E-state index in [4.69, 9.17) is 4.74 Å². The minimum atomic E-state index is -0.796. The van der Waals surface area contributed by atoms with Gasteiger partial charge >= 0.3 is 0 Å². The molecule has 0 atom stereocenters. The number of rotatable bonds is 6. The van der Waals surface area contributed by atoms with E-state index in [2.05, 4.69) is 68.8 Å². The molecule has 0 unspecified atom stereocenters. The molecule has 0 bridgehead atoms. The van der Waals surface area contributed by atoms with Crippen molar-refractivity contribution in [2.24, 2.45) is 0 Å². The standard InChI is InChI=1S/C27H34N8O2S/c1-17(2)35-26(28-16-30-35)33-15-22-21-7-6-18(10-23(21)37-9-8-24(22)38-33)19-11-29-34(12-19)27(3,4)25(36)31-20-13-32(5)14-20/h6-7,10-12,16-17,20H,8-9,13-15H2,1-5H3,(H,31,36). The molecule has 5 heterocycles. The van der Waals surface area contributed by atoms with Gasteiger partial charge in [0.1, 0.15) is 17.6 Å². The van der Waals surface area contributed by atoms with E-state index in [1.807, 2.05) is 30.9 Å². The molecule has 1 amide bonds. The lowest BCUT2D eigenvalue weighted by atomic mass is 9.99. The maximum atomic E-state index is 13.0. The summed E-state index contributed by atoms with van der Waals surface area (Å²) in [6.07, 6.45) is 6.25. The molecular weight excluding hydrogens is 500 g/mol. The average Bonchev–Trinajstić information content (AvgIpc) is 3.61. The quantitative estimate of drug-likeness (QED) is 0.480. The Morgan fingerprint density at radius 1 is 1.21 bits per heavy atom. The number of nitrogens with one attached hydrogen (secondary N) is 1. The summed E-state index contributed by atoms with van der Waals surface area (Å²) < 4.78 is 12.2. The predicted molar refractivity (Wildman–Crippen MR) is 149 cm³/mol. The number of fused-ring (bicyclic) bond motifs is 2. The molecule has 1 aromatic carbocycles. The van der Waals surface area contributed by atoms with Crippen molar-refractivity contribution in [2.45, 2.75) is 51.7 Å². The third-order valence-electron chi connectivity index (χ3n) is 7.46. The smallest absolute Gasteiger partial charge is 0.247 e. The first-order chi connectivity index (χ1) is 18.2. The van der Waals surface area contributed by atoms with E-state index in [-0.39, 0.29) is 18.0 Å². The van der Waals surface area contributed by atoms with Crippen LogP contribution in [0.3, 0.4) is 0 Å². The van der Waals surface area contributed by atoms with Crippen molar-refractivity contribution in [2.75, 3.05) is 37.6 Å². The van der Waals surface area contributed by atoms with Crippen LogP contribution in [0, 0.1) is 0 Å². The van der Waals surface area contributed by atoms with Crippen molar-refractivity contribution in [1.29, 1.82) is 0 Å². The van der Waals surface area contributed by atoms with Crippen molar-refractivity contribution in [3.8, 4) is 16.9 Å². The number of anilines is 1. The fraction of sp³-hybridized carbons (Fsp3) is 0.481. The summed E-state index contributed by atoms with van der Waals surface area (Å²) in [5.41, 5.74) is 3.56. The Kier molecular flexibility index (Phi) is 6.22. The van der Waals surface area contributed by atoms with Crippen molar-refractivity contribution in [3.63, 3.8) is 0 Å². The van der Waals surface area contributed by atoms with E-state index in [0.717, 1.165) is 54.4 Å². The zero-order chi connectivity index (χ0) is 26.6. The highest BCUT2D eigenvalue weighted by Crippen LogP contribution is 2.46. The minimum absolute atomic E-state index is 0.0217. The number of nitrogens with zero attached hydrogens (tertiary/aromatic N) is 7. The molecule has 0 saturated carbocycles. The molecular formula is C27H34N8O2S. The first kappa shape index (κ1) is 25.0. The molecule has 1 saturated heterocycles. The number of hydrogen-bond acceptors (Lipinski definition) is 8. The van der Waals surface area contributed by atoms with Crippen LogP contribution in [0.25, 0.3) is 16.7 Å². The Morgan fingerprint density at radius 3 is 2.79 bits per heavy atom. The van der Waals surface area contributed by atoms with Gasteiger partial charge in [-0.3, -0.25) is 13.8 Å². The van der Waals surface area contributed by atoms with Crippen molar-refractivity contribution in [3.05, 3.63) is 47.4 Å². The molecule has 0 aliphatic carbocycles. The molecule has 3 aliphatic rings. The summed E-state index contributed by atoms with van der Waals surface area (Å²) in [4.78, 5) is 21.0. The SMILES string of the molecule is CC(C)n1ncnc1N1CC2=C(CCOc3cc(-c4cnn(C(C)(C)C(=O)NC5CN(C)C5)c4)ccc32)S1. The van der Waals surface area contributed by atoms with Gasteiger partial charge in [0.25, 0.3) is 0 Å². The van der Waals surface area contributed by atoms with Gasteiger partial charge in [-0.15, -0.1) is 0 Å². The fourth-order valence-corrected chi connectivity index (χ4v) is 6.27. The Labute approximate surface area is 227 Å². The molecule has 10 nitrogen and oxygen atoms in total. The third-order valence-corrected chi connectivity index (χ3v) is 8.65. The highest BCUT2D eigenvalue weighted by molar-refractivity contribution is 8.04. The Morgan fingerprint density at radius 2 is 2.03 bits per heavy atom. The first-order valence-electron chi connectivity index (χ1n) is 13.1. The number of amides is 1. The van der Waals surface area contributed by atoms with Gasteiger partial charge in [0.2, 0.25) is 11.9 Å². The number of ether oxygens (including phenoxy) is 1. The normalized spacial score (nSPS) is 18.2. The van der Waals surface area contributed by atoms with E-state index >= 15 is 0 Å². The fourth-order valence-electron chi connectivity index (χ4n) is 5.14. The predicted octanol–water partition coefficient (Wildman–Crippen LogP) is 3.55. The molecule has 200 valence electrons. The summed E-state index contributed by atoms with van der Waals surface area (Å²) in [6.45, 7) is 11.2. The minimum Gasteiger partial charge on any atom is -0.493 e. The topological polar surface area (TPSA) is 93.3 Å². The number of hydrogen-bond donors (Lipinski definition) is 1. The van der Waals surface area contributed by atoms with E-state index in [1.54, 1.807) is 23.0 Å². The highest BCUT2D eigenvalue weighted by Gasteiger charge is 2.35. The second-order valence-electron chi connectivity index (χ2n) is 11.1. The molecule has 6 rings (SSSR count). The van der Waals surface area contributed by atoms with E-state index < -0.39 is 5.54 Å². The molecule has 1 fully saturated rings. The van der Waals surface area contributed by atoms with Gasteiger partial charge in [-0.25, -0.2) is 4.68 Å². The van der Waals surface area contributed by atoms with Crippen LogP contribution in [0.15, 0.2) is 41.8 Å². The maximum Gasteiger partial charge on any atom is 0.247 e. The lowest BCUT2D eigenvalue weighted by molar-refractivity contribution is -0.130. The summed E-state index contributed by atoms with van der Waals surface area (Å²) >= 11 is 1.74. The third kappa shape index (κ3) is 4.37. The number of carbonyl (C=O) groups excluding carboxylic acids is 1. The van der Waals surface area contributed by atoms with Gasteiger partial charge in [-0.2, -0.15) is 15.2 Å². The number of likely N-dealkylation sites (N-methyl/N-ethyl adjacent to an activating group) is 1. The second-order valence-corrected chi connectivity index (χ2v) is 12.2. The number of likely N-dealkylation sites (tertiary alicyclic amines) is 1. The number of benzene rings is 1. The van der Waals surface area contributed by atoms with Crippen LogP contribution in [-0.2, 0) is 10.3 Å². The van der Waals surface area contributed by atoms with Gasteiger partial charge in [0, 0.05) is 41.7 Å². The van der Waals surface area contributed by atoms with Crippen molar-refractivity contribution < 1.29 is 9.53 Å². The highest BCUT2D eigenvalue weighted by atomic mass is 32.2. The zero-order valence-electron chi connectivity index (χ0n) is 22.5. The van der Waals surface area contributed by atoms with Gasteiger partial charge in [0.05, 0.1) is 31.4 Å². The lowest BCUT2D eigenvalue weighted by Crippen LogP contribution is -2.60. The lowest BCUT2D eigenvalue weighted by Gasteiger charge is -2.38. The van der Waals surface area contributed by atoms with Gasteiger partial charge in [0.15, 0.2) is 0 Å². The second kappa shape index (κ2) is 9.46. The maximum absolute atomic E-state index is 13.0. The number of aromatic nitrogens is 5. The Hall–Kier alpha value is -3.31. The summed E-state index contributed by atoms with van der Waals surface area (Å²) in [5, 5.41) is 12.1. The van der Waals surface area contributed by atoms with Gasteiger partial charge in [-0.05, 0) is 63.9 Å². The van der Waals surface area contributed by atoms with Crippen LogP contribution in [0.2, 0.25) is 0 Å². The van der Waals surface area contributed by atoms with Crippen LogP contribution in [0.5, 0.6) is 5.75 Å². The van der Waals surface area contributed by atoms with E-state index in [0.29, 0.717) is 6.61 Å². The molecule has 11 heteroatoms. The largest absolute Gasteiger partial charge is 0.493 e. The van der Waals surface area contributed by atoms with E-state index in [1.165, 1.54) is 10.5 Å². The summed E-state index contributed by atoms with van der Waals surface area (Å²) in [7, 11) is 2.05. The molecule has 2 aromatic heterocycles. The molecule has 38 heavy (non-hydrogen) atoms.